The maximum Gasteiger partial charge on any atom is 0.219 e. The lowest BCUT2D eigenvalue weighted by Gasteiger charge is -2.20. The third kappa shape index (κ3) is 3.35. The molecule has 2 heterocycles. The van der Waals surface area contributed by atoms with Crippen molar-refractivity contribution in [1.29, 1.82) is 5.26 Å². The number of anilines is 1. The third-order valence-electron chi connectivity index (χ3n) is 4.19. The predicted octanol–water partition coefficient (Wildman–Crippen LogP) is 3.00. The van der Waals surface area contributed by atoms with Gasteiger partial charge in [-0.25, -0.2) is 9.37 Å². The highest BCUT2D eigenvalue weighted by molar-refractivity contribution is 5.73. The highest BCUT2D eigenvalue weighted by Gasteiger charge is 2.24. The number of fused-ring (bicyclic) bond motifs is 1. The van der Waals surface area contributed by atoms with Crippen LogP contribution in [0.5, 0.6) is 0 Å². The quantitative estimate of drug-likeness (QED) is 0.922. The Kier molecular flexibility index (Phi) is 4.43. The molecule has 1 unspecified atom stereocenters. The van der Waals surface area contributed by atoms with Crippen LogP contribution in [0.1, 0.15) is 36.2 Å². The second kappa shape index (κ2) is 6.67. The molecule has 1 atom stereocenters. The molecule has 1 aromatic heterocycles. The first kappa shape index (κ1) is 15.9. The summed E-state index contributed by atoms with van der Waals surface area (Å²) in [6.07, 6.45) is 2.31. The normalized spacial score (nSPS) is 16.7. The van der Waals surface area contributed by atoms with Gasteiger partial charge in [-0.2, -0.15) is 5.26 Å². The van der Waals surface area contributed by atoms with Gasteiger partial charge >= 0.3 is 0 Å². The van der Waals surface area contributed by atoms with Crippen LogP contribution in [0, 0.1) is 17.1 Å². The number of aromatic nitrogens is 1. The molecule has 0 radical (unpaired) electrons. The number of carbonyl (C=O) groups is 1. The fraction of sp³-hybridized carbons (Fsp3) is 0.278. The van der Waals surface area contributed by atoms with E-state index >= 15 is 0 Å². The first-order valence-electron chi connectivity index (χ1n) is 7.73. The Morgan fingerprint density at radius 2 is 2.25 bits per heavy atom. The second-order valence-electron chi connectivity index (χ2n) is 5.81. The summed E-state index contributed by atoms with van der Waals surface area (Å²) < 4.78 is 13.6. The first-order chi connectivity index (χ1) is 11.6. The van der Waals surface area contributed by atoms with Gasteiger partial charge in [0.05, 0.1) is 17.9 Å². The number of hydrogen-bond acceptors (Lipinski definition) is 4. The van der Waals surface area contributed by atoms with Crippen LogP contribution in [0.2, 0.25) is 0 Å². The molecule has 0 saturated carbocycles. The van der Waals surface area contributed by atoms with Gasteiger partial charge in [0.25, 0.3) is 0 Å². The topological polar surface area (TPSA) is 69.0 Å². The highest BCUT2D eigenvalue weighted by Crippen LogP contribution is 2.30. The van der Waals surface area contributed by atoms with E-state index in [0.29, 0.717) is 25.2 Å². The molecule has 2 aromatic rings. The summed E-state index contributed by atoms with van der Waals surface area (Å²) in [7, 11) is 0. The molecule has 0 fully saturated rings. The van der Waals surface area contributed by atoms with E-state index in [9.17, 15) is 9.18 Å². The average Bonchev–Trinajstić information content (AvgIpc) is 2.75. The van der Waals surface area contributed by atoms with Crippen LogP contribution in [0.4, 0.5) is 10.1 Å². The molecule has 122 valence electrons. The van der Waals surface area contributed by atoms with Gasteiger partial charge in [0.1, 0.15) is 17.6 Å². The van der Waals surface area contributed by atoms with Gasteiger partial charge in [0, 0.05) is 20.0 Å². The lowest BCUT2D eigenvalue weighted by Crippen LogP contribution is -2.28. The van der Waals surface area contributed by atoms with Crippen LogP contribution in [0.25, 0.3) is 0 Å². The van der Waals surface area contributed by atoms with Crippen molar-refractivity contribution in [3.05, 3.63) is 59.2 Å². The van der Waals surface area contributed by atoms with Crippen LogP contribution >= 0.6 is 0 Å². The SMILES string of the molecule is CC(=O)N1CCC(Nc2ccc(C#N)nc2)c2ccc(F)cc2C1. The monoisotopic (exact) mass is 324 g/mol. The van der Waals surface area contributed by atoms with Gasteiger partial charge in [-0.05, 0) is 41.8 Å². The van der Waals surface area contributed by atoms with Crippen LogP contribution in [-0.4, -0.2) is 22.3 Å². The van der Waals surface area contributed by atoms with E-state index in [4.69, 9.17) is 5.26 Å². The highest BCUT2D eigenvalue weighted by atomic mass is 19.1. The molecule has 0 bridgehead atoms. The Morgan fingerprint density at radius 1 is 1.42 bits per heavy atom. The molecule has 1 aliphatic heterocycles. The number of hydrogen-bond donors (Lipinski definition) is 1. The van der Waals surface area contributed by atoms with Crippen molar-refractivity contribution < 1.29 is 9.18 Å². The van der Waals surface area contributed by atoms with Crippen LogP contribution in [0.3, 0.4) is 0 Å². The number of nitriles is 1. The standard InChI is InChI=1S/C18H17FN4O/c1-12(24)23-7-6-18(17-5-2-14(19)8-13(17)11-23)22-16-4-3-15(9-20)21-10-16/h2-5,8,10,18,22H,6-7,11H2,1H3. The number of halogens is 1. The van der Waals surface area contributed by atoms with Gasteiger partial charge in [-0.15, -0.1) is 0 Å². The average molecular weight is 324 g/mol. The second-order valence-corrected chi connectivity index (χ2v) is 5.81. The number of amides is 1. The smallest absolute Gasteiger partial charge is 0.219 e. The van der Waals surface area contributed by atoms with Crippen LogP contribution in [-0.2, 0) is 11.3 Å². The van der Waals surface area contributed by atoms with Crippen molar-refractivity contribution in [3.63, 3.8) is 0 Å². The number of carbonyl (C=O) groups excluding carboxylic acids is 1. The Bertz CT molecular complexity index is 798. The van der Waals surface area contributed by atoms with Gasteiger partial charge < -0.3 is 10.2 Å². The fourth-order valence-corrected chi connectivity index (χ4v) is 2.94. The Labute approximate surface area is 139 Å². The summed E-state index contributed by atoms with van der Waals surface area (Å²) in [4.78, 5) is 17.5. The minimum Gasteiger partial charge on any atom is -0.377 e. The molecule has 6 heteroatoms. The van der Waals surface area contributed by atoms with E-state index in [1.165, 1.54) is 19.1 Å². The fourth-order valence-electron chi connectivity index (χ4n) is 2.94. The van der Waals surface area contributed by atoms with Gasteiger partial charge in [-0.3, -0.25) is 4.79 Å². The molecular formula is C18H17FN4O. The maximum atomic E-state index is 13.6. The van der Waals surface area contributed by atoms with E-state index in [0.717, 1.165) is 16.8 Å². The Balaban J connectivity index is 1.90. The van der Waals surface area contributed by atoms with Crippen molar-refractivity contribution in [2.24, 2.45) is 0 Å². The molecule has 0 aliphatic carbocycles. The number of pyridine rings is 1. The zero-order valence-corrected chi connectivity index (χ0v) is 13.3. The van der Waals surface area contributed by atoms with E-state index in [2.05, 4.69) is 10.3 Å². The van der Waals surface area contributed by atoms with E-state index in [1.807, 2.05) is 6.07 Å². The zero-order chi connectivity index (χ0) is 17.1. The summed E-state index contributed by atoms with van der Waals surface area (Å²) in [6.45, 7) is 2.52. The van der Waals surface area contributed by atoms with Crippen molar-refractivity contribution in [3.8, 4) is 6.07 Å². The summed E-state index contributed by atoms with van der Waals surface area (Å²) >= 11 is 0. The summed E-state index contributed by atoms with van der Waals surface area (Å²) in [5, 5.41) is 12.2. The van der Waals surface area contributed by atoms with E-state index in [-0.39, 0.29) is 17.8 Å². The van der Waals surface area contributed by atoms with E-state index in [1.54, 1.807) is 29.3 Å². The predicted molar refractivity (Wildman–Crippen MR) is 87.4 cm³/mol. The minimum absolute atomic E-state index is 0.0223. The van der Waals surface area contributed by atoms with Crippen LogP contribution in [0.15, 0.2) is 36.5 Å². The summed E-state index contributed by atoms with van der Waals surface area (Å²) in [5.41, 5.74) is 2.92. The molecule has 0 saturated heterocycles. The van der Waals surface area contributed by atoms with Crippen molar-refractivity contribution in [2.45, 2.75) is 25.9 Å². The molecule has 3 rings (SSSR count). The summed E-state index contributed by atoms with van der Waals surface area (Å²) in [5.74, 6) is -0.330. The zero-order valence-electron chi connectivity index (χ0n) is 13.3. The van der Waals surface area contributed by atoms with Crippen molar-refractivity contribution >= 4 is 11.6 Å². The van der Waals surface area contributed by atoms with Crippen molar-refractivity contribution in [2.75, 3.05) is 11.9 Å². The Morgan fingerprint density at radius 3 is 2.92 bits per heavy atom. The number of benzene rings is 1. The molecular weight excluding hydrogens is 307 g/mol. The number of nitrogens with zero attached hydrogens (tertiary/aromatic N) is 3. The minimum atomic E-state index is -0.307. The molecule has 1 aromatic carbocycles. The van der Waals surface area contributed by atoms with Gasteiger partial charge in [0.2, 0.25) is 5.91 Å². The van der Waals surface area contributed by atoms with Crippen LogP contribution < -0.4 is 5.32 Å². The number of nitrogens with one attached hydrogen (secondary N) is 1. The molecule has 1 aliphatic rings. The molecule has 24 heavy (non-hydrogen) atoms. The maximum absolute atomic E-state index is 13.6. The molecule has 0 spiro atoms. The number of rotatable bonds is 2. The van der Waals surface area contributed by atoms with Gasteiger partial charge in [0.15, 0.2) is 0 Å². The van der Waals surface area contributed by atoms with Crippen molar-refractivity contribution in [1.82, 2.24) is 9.88 Å². The van der Waals surface area contributed by atoms with E-state index < -0.39 is 0 Å². The third-order valence-corrected chi connectivity index (χ3v) is 4.19. The Hall–Kier alpha value is -2.94. The molecule has 1 N–H and O–H groups in total. The molecule has 1 amide bonds. The van der Waals surface area contributed by atoms with Gasteiger partial charge in [-0.1, -0.05) is 6.07 Å². The largest absolute Gasteiger partial charge is 0.377 e. The first-order valence-corrected chi connectivity index (χ1v) is 7.73. The molecule has 5 nitrogen and oxygen atoms in total. The lowest BCUT2D eigenvalue weighted by molar-refractivity contribution is -0.129. The lowest BCUT2D eigenvalue weighted by atomic mass is 9.99. The summed E-state index contributed by atoms with van der Waals surface area (Å²) in [6, 6.07) is 10.1.